The minimum atomic E-state index is -0.304. The lowest BCUT2D eigenvalue weighted by molar-refractivity contribution is 0.479. The van der Waals surface area contributed by atoms with Crippen LogP contribution in [0.1, 0.15) is 0 Å². The van der Waals surface area contributed by atoms with E-state index in [1.165, 1.54) is 10.8 Å². The summed E-state index contributed by atoms with van der Waals surface area (Å²) in [5, 5.41) is 4.69. The molecule has 0 amide bonds. The number of fused-ring (bicyclic) bond motifs is 10. The second-order valence-corrected chi connectivity index (χ2v) is 13.9. The fraction of sp³-hybridized carbons (Fsp3) is 0. The molecule has 0 spiro atoms. The number of aromatic nitrogens is 1. The maximum Gasteiger partial charge on any atom is 0.434 e. The fourth-order valence-corrected chi connectivity index (χ4v) is 8.81. The van der Waals surface area contributed by atoms with Crippen LogP contribution in [0.3, 0.4) is 0 Å². The van der Waals surface area contributed by atoms with Crippen molar-refractivity contribution >= 4 is 61.6 Å². The normalized spacial score (nSPS) is 12.8. The van der Waals surface area contributed by atoms with Gasteiger partial charge < -0.3 is 18.4 Å². The summed E-state index contributed by atoms with van der Waals surface area (Å²) in [6.07, 6.45) is 0. The van der Waals surface area contributed by atoms with Gasteiger partial charge in [-0.3, -0.25) is 0 Å². The summed E-state index contributed by atoms with van der Waals surface area (Å²) in [6.45, 7) is -0.304. The Balaban J connectivity index is 1.07. The second-order valence-electron chi connectivity index (χ2n) is 13.9. The van der Waals surface area contributed by atoms with E-state index in [0.717, 1.165) is 100 Å². The van der Waals surface area contributed by atoms with Crippen molar-refractivity contribution in [1.82, 2.24) is 4.57 Å². The van der Waals surface area contributed by atoms with Crippen molar-refractivity contribution in [2.45, 2.75) is 0 Å². The molecule has 4 heterocycles. The summed E-state index contributed by atoms with van der Waals surface area (Å²) in [5.74, 6) is 2.48. The highest BCUT2D eigenvalue weighted by Gasteiger charge is 2.41. The maximum absolute atomic E-state index is 7.02. The summed E-state index contributed by atoms with van der Waals surface area (Å²) in [4.78, 5) is 0. The number of ether oxygens (including phenoxy) is 1. The van der Waals surface area contributed by atoms with E-state index in [9.17, 15) is 0 Å². The van der Waals surface area contributed by atoms with Gasteiger partial charge in [0.15, 0.2) is 0 Å². The zero-order chi connectivity index (χ0) is 34.6. The van der Waals surface area contributed by atoms with Gasteiger partial charge in [0.25, 0.3) is 0 Å². The molecule has 10 aromatic rings. The number of para-hydroxylation sites is 4. The van der Waals surface area contributed by atoms with Gasteiger partial charge in [0.2, 0.25) is 0 Å². The first-order chi connectivity index (χ1) is 26.3. The third kappa shape index (κ3) is 4.07. The first-order valence-corrected chi connectivity index (χ1v) is 18.0. The van der Waals surface area contributed by atoms with Crippen LogP contribution in [0.25, 0.3) is 82.8 Å². The van der Waals surface area contributed by atoms with Crippen molar-refractivity contribution in [1.29, 1.82) is 0 Å². The smallest absolute Gasteiger partial charge is 0.434 e. The topological polar surface area (TPSA) is 36.5 Å². The molecule has 0 saturated heterocycles. The van der Waals surface area contributed by atoms with E-state index >= 15 is 0 Å². The minimum Gasteiger partial charge on any atom is -0.551 e. The Morgan fingerprint density at radius 3 is 1.92 bits per heavy atom. The molecule has 0 N–H and O–H groups in total. The van der Waals surface area contributed by atoms with Crippen LogP contribution in [-0.2, 0) is 0 Å². The monoisotopic (exact) mass is 677 g/mol. The van der Waals surface area contributed by atoms with E-state index in [4.69, 9.17) is 13.8 Å². The summed E-state index contributed by atoms with van der Waals surface area (Å²) in [7, 11) is 0. The molecular formula is C48H28BNO3. The van der Waals surface area contributed by atoms with Crippen molar-refractivity contribution in [2.75, 3.05) is 0 Å². The van der Waals surface area contributed by atoms with Gasteiger partial charge in [0.05, 0.1) is 11.0 Å². The van der Waals surface area contributed by atoms with E-state index in [2.05, 4.69) is 156 Å². The van der Waals surface area contributed by atoms with E-state index in [1.807, 2.05) is 18.2 Å². The van der Waals surface area contributed by atoms with Crippen molar-refractivity contribution in [3.8, 4) is 56.3 Å². The fourth-order valence-electron chi connectivity index (χ4n) is 8.81. The van der Waals surface area contributed by atoms with Crippen molar-refractivity contribution in [2.24, 2.45) is 0 Å². The molecule has 0 fully saturated rings. The lowest BCUT2D eigenvalue weighted by atomic mass is 9.50. The quantitative estimate of drug-likeness (QED) is 0.175. The van der Waals surface area contributed by atoms with Crippen LogP contribution in [-0.4, -0.2) is 11.5 Å². The number of hydrogen-bond acceptors (Lipinski definition) is 3. The summed E-state index contributed by atoms with van der Waals surface area (Å²) in [6, 6.07) is 59.9. The molecule has 4 nitrogen and oxygen atoms in total. The van der Waals surface area contributed by atoms with Gasteiger partial charge >= 0.3 is 6.92 Å². The summed E-state index contributed by atoms with van der Waals surface area (Å²) >= 11 is 0. The molecule has 53 heavy (non-hydrogen) atoms. The Morgan fingerprint density at radius 1 is 0.434 bits per heavy atom. The lowest BCUT2D eigenvalue weighted by Gasteiger charge is -2.33. The number of furan rings is 1. The Hall–Kier alpha value is -6.98. The largest absolute Gasteiger partial charge is 0.551 e. The Bertz CT molecular complexity index is 3100. The van der Waals surface area contributed by atoms with Gasteiger partial charge in [-0.2, -0.15) is 0 Å². The van der Waals surface area contributed by atoms with Gasteiger partial charge in [-0.15, -0.1) is 0 Å². The predicted octanol–water partition coefficient (Wildman–Crippen LogP) is 11.3. The van der Waals surface area contributed by atoms with Gasteiger partial charge in [-0.05, 0) is 76.3 Å². The van der Waals surface area contributed by atoms with Crippen molar-refractivity contribution < 1.29 is 13.8 Å². The Morgan fingerprint density at radius 2 is 1.09 bits per heavy atom. The zero-order valence-corrected chi connectivity index (χ0v) is 28.4. The molecule has 12 rings (SSSR count). The van der Waals surface area contributed by atoms with Gasteiger partial charge in [-0.1, -0.05) is 115 Å². The van der Waals surface area contributed by atoms with Crippen molar-refractivity contribution in [3.63, 3.8) is 0 Å². The number of rotatable bonds is 3. The molecule has 8 aromatic carbocycles. The van der Waals surface area contributed by atoms with Crippen LogP contribution < -0.4 is 20.3 Å². The molecule has 2 aromatic heterocycles. The first kappa shape index (κ1) is 28.7. The van der Waals surface area contributed by atoms with Crippen LogP contribution in [0.5, 0.6) is 17.2 Å². The molecular weight excluding hydrogens is 649 g/mol. The van der Waals surface area contributed by atoms with Crippen molar-refractivity contribution in [3.05, 3.63) is 170 Å². The highest BCUT2D eigenvalue weighted by molar-refractivity contribution is 6.84. The molecule has 0 radical (unpaired) electrons. The van der Waals surface area contributed by atoms with E-state index in [1.54, 1.807) is 0 Å². The lowest BCUT2D eigenvalue weighted by Crippen LogP contribution is -2.53. The van der Waals surface area contributed by atoms with Crippen LogP contribution in [0.4, 0.5) is 0 Å². The van der Waals surface area contributed by atoms with Crippen LogP contribution in [0, 0.1) is 0 Å². The van der Waals surface area contributed by atoms with Crippen LogP contribution in [0.15, 0.2) is 174 Å². The summed E-state index contributed by atoms with van der Waals surface area (Å²) < 4.78 is 22.5. The maximum atomic E-state index is 7.02. The molecule has 0 aliphatic carbocycles. The third-order valence-corrected chi connectivity index (χ3v) is 11.1. The van der Waals surface area contributed by atoms with Crippen LogP contribution in [0.2, 0.25) is 0 Å². The average Bonchev–Trinajstić information content (AvgIpc) is 3.77. The SMILES string of the molecule is c1ccc2c(c1)OB1c3ccc(-n4c5ccccc5c5ccccc54)cc3Oc3cc(-c4ccccc4-c4cccc5oc6ccccc6c45)cc-2c31. The highest BCUT2D eigenvalue weighted by atomic mass is 16.5. The van der Waals surface area contributed by atoms with Gasteiger partial charge in [0.1, 0.15) is 28.4 Å². The second kappa shape index (κ2) is 10.8. The average molecular weight is 678 g/mol. The standard InChI is InChI=1S/C48H28BNO3/c1-2-13-32(36-18-11-23-44-47(36)37-17-6-9-21-42(37)51-44)31(12-1)29-26-38-35-16-5-10-22-43(35)53-49-39-25-24-30(28-45(39)52-46(27-29)48(38)49)50-40-19-7-3-14-33(40)34-15-4-8-20-41(34)50/h1-28H. The molecule has 246 valence electrons. The highest BCUT2D eigenvalue weighted by Crippen LogP contribution is 2.45. The molecule has 0 atom stereocenters. The molecule has 2 aliphatic heterocycles. The van der Waals surface area contributed by atoms with E-state index in [0.29, 0.717) is 0 Å². The third-order valence-electron chi connectivity index (χ3n) is 11.1. The van der Waals surface area contributed by atoms with E-state index < -0.39 is 0 Å². The minimum absolute atomic E-state index is 0.304. The predicted molar refractivity (Wildman–Crippen MR) is 217 cm³/mol. The number of benzene rings is 8. The van der Waals surface area contributed by atoms with Gasteiger partial charge in [0, 0.05) is 49.8 Å². The molecule has 5 heteroatoms. The van der Waals surface area contributed by atoms with Gasteiger partial charge in [-0.25, -0.2) is 0 Å². The summed E-state index contributed by atoms with van der Waals surface area (Å²) in [5.41, 5.74) is 13.9. The first-order valence-electron chi connectivity index (χ1n) is 18.0. The van der Waals surface area contributed by atoms with Crippen LogP contribution >= 0.6 is 0 Å². The van der Waals surface area contributed by atoms with E-state index in [-0.39, 0.29) is 6.92 Å². The molecule has 0 bridgehead atoms. The Labute approximate surface area is 305 Å². The molecule has 0 saturated carbocycles. The molecule has 0 unspecified atom stereocenters. The zero-order valence-electron chi connectivity index (χ0n) is 28.4. The number of nitrogens with zero attached hydrogens (tertiary/aromatic N) is 1. The molecule has 2 aliphatic rings. The Kier molecular flexibility index (Phi) is 5.83. The number of hydrogen-bond donors (Lipinski definition) is 0.